The second-order valence-corrected chi connectivity index (χ2v) is 5.74. The van der Waals surface area contributed by atoms with Gasteiger partial charge in [0.2, 0.25) is 0 Å². The molecule has 0 amide bonds. The normalized spacial score (nSPS) is 37.5. The van der Waals surface area contributed by atoms with Gasteiger partial charge in [0.15, 0.2) is 0 Å². The largest absolute Gasteiger partial charge is 0.303 e. The minimum absolute atomic E-state index is 0.337. The number of piperidine rings is 1. The number of nitrogens with zero attached hydrogens (tertiary/aromatic N) is 1. The number of rotatable bonds is 3. The minimum atomic E-state index is -0.518. The van der Waals surface area contributed by atoms with Crippen molar-refractivity contribution in [1.82, 2.24) is 4.90 Å². The van der Waals surface area contributed by atoms with E-state index in [1.807, 2.05) is 0 Å². The molecular formula is C14H26FN. The molecule has 1 aliphatic carbocycles. The third kappa shape index (κ3) is 3.19. The molecule has 0 spiro atoms. The summed E-state index contributed by atoms with van der Waals surface area (Å²) in [5, 5.41) is 0. The lowest BCUT2D eigenvalue weighted by Crippen LogP contribution is -2.41. The van der Waals surface area contributed by atoms with Gasteiger partial charge in [-0.25, -0.2) is 4.39 Å². The lowest BCUT2D eigenvalue weighted by atomic mass is 9.86. The smallest absolute Gasteiger partial charge is 0.104 e. The molecule has 1 aliphatic heterocycles. The molecule has 1 saturated heterocycles. The van der Waals surface area contributed by atoms with Crippen LogP contribution in [0.2, 0.25) is 0 Å². The molecule has 94 valence electrons. The molecule has 3 atom stereocenters. The zero-order valence-electron chi connectivity index (χ0n) is 10.6. The Morgan fingerprint density at radius 1 is 1.12 bits per heavy atom. The van der Waals surface area contributed by atoms with Crippen LogP contribution in [0.3, 0.4) is 0 Å². The van der Waals surface area contributed by atoms with Crippen LogP contribution in [0.4, 0.5) is 4.39 Å². The first kappa shape index (κ1) is 12.3. The Morgan fingerprint density at radius 2 is 1.94 bits per heavy atom. The van der Waals surface area contributed by atoms with Crippen molar-refractivity contribution in [3.05, 3.63) is 0 Å². The van der Waals surface area contributed by atoms with E-state index in [0.717, 1.165) is 31.7 Å². The third-order valence-electron chi connectivity index (χ3n) is 4.49. The topological polar surface area (TPSA) is 3.24 Å². The Bertz CT molecular complexity index is 207. The van der Waals surface area contributed by atoms with Crippen LogP contribution in [0, 0.1) is 11.8 Å². The van der Waals surface area contributed by atoms with Crippen LogP contribution in [-0.4, -0.2) is 30.7 Å². The van der Waals surface area contributed by atoms with E-state index in [0.29, 0.717) is 5.92 Å². The van der Waals surface area contributed by atoms with Crippen LogP contribution in [-0.2, 0) is 0 Å². The molecule has 0 bridgehead atoms. The Balaban J connectivity index is 1.79. The van der Waals surface area contributed by atoms with Gasteiger partial charge < -0.3 is 4.90 Å². The van der Waals surface area contributed by atoms with E-state index in [4.69, 9.17) is 0 Å². The molecule has 0 aromatic heterocycles. The van der Waals surface area contributed by atoms with Crippen molar-refractivity contribution >= 4 is 0 Å². The molecular weight excluding hydrogens is 201 g/mol. The SMILES string of the molecule is CCC1CCCN(CC2CCCCC2F)C1. The van der Waals surface area contributed by atoms with Crippen LogP contribution >= 0.6 is 0 Å². The number of halogens is 1. The van der Waals surface area contributed by atoms with Gasteiger partial charge in [-0.1, -0.05) is 26.2 Å². The predicted molar refractivity (Wildman–Crippen MR) is 66.3 cm³/mol. The standard InChI is InChI=1S/C14H26FN/c1-2-12-6-5-9-16(10-12)11-13-7-3-4-8-14(13)15/h12-14H,2-11H2,1H3. The van der Waals surface area contributed by atoms with Gasteiger partial charge in [0, 0.05) is 19.0 Å². The molecule has 0 radical (unpaired) electrons. The maximum Gasteiger partial charge on any atom is 0.104 e. The van der Waals surface area contributed by atoms with Gasteiger partial charge in [-0.15, -0.1) is 0 Å². The maximum absolute atomic E-state index is 13.8. The van der Waals surface area contributed by atoms with Crippen molar-refractivity contribution in [2.45, 2.75) is 58.0 Å². The van der Waals surface area contributed by atoms with E-state index >= 15 is 0 Å². The third-order valence-corrected chi connectivity index (χ3v) is 4.49. The average Bonchev–Trinajstić information content (AvgIpc) is 2.32. The summed E-state index contributed by atoms with van der Waals surface area (Å²) in [4.78, 5) is 2.53. The van der Waals surface area contributed by atoms with Gasteiger partial charge >= 0.3 is 0 Å². The van der Waals surface area contributed by atoms with Crippen molar-refractivity contribution in [2.24, 2.45) is 11.8 Å². The zero-order valence-corrected chi connectivity index (χ0v) is 10.6. The molecule has 16 heavy (non-hydrogen) atoms. The summed E-state index contributed by atoms with van der Waals surface area (Å²) in [6, 6.07) is 0. The summed E-state index contributed by atoms with van der Waals surface area (Å²) in [6.45, 7) is 5.74. The van der Waals surface area contributed by atoms with Gasteiger partial charge in [-0.2, -0.15) is 0 Å². The van der Waals surface area contributed by atoms with Crippen molar-refractivity contribution in [2.75, 3.05) is 19.6 Å². The molecule has 2 heteroatoms. The summed E-state index contributed by atoms with van der Waals surface area (Å²) < 4.78 is 13.8. The van der Waals surface area contributed by atoms with E-state index in [1.54, 1.807) is 0 Å². The second-order valence-electron chi connectivity index (χ2n) is 5.74. The molecule has 0 N–H and O–H groups in total. The Morgan fingerprint density at radius 3 is 2.69 bits per heavy atom. The van der Waals surface area contributed by atoms with E-state index in [9.17, 15) is 4.39 Å². The first-order valence-corrected chi connectivity index (χ1v) is 7.16. The van der Waals surface area contributed by atoms with Crippen molar-refractivity contribution in [3.63, 3.8) is 0 Å². The van der Waals surface area contributed by atoms with Crippen LogP contribution in [0.15, 0.2) is 0 Å². The summed E-state index contributed by atoms with van der Waals surface area (Å²) in [7, 11) is 0. The maximum atomic E-state index is 13.8. The highest BCUT2D eigenvalue weighted by Gasteiger charge is 2.28. The lowest BCUT2D eigenvalue weighted by Gasteiger charge is -2.36. The minimum Gasteiger partial charge on any atom is -0.303 e. The molecule has 2 fully saturated rings. The number of hydrogen-bond donors (Lipinski definition) is 0. The fourth-order valence-corrected chi connectivity index (χ4v) is 3.35. The number of alkyl halides is 1. The lowest BCUT2D eigenvalue weighted by molar-refractivity contribution is 0.0886. The molecule has 1 heterocycles. The Kier molecular flexibility index (Phi) is 4.63. The average molecular weight is 227 g/mol. The number of hydrogen-bond acceptors (Lipinski definition) is 1. The molecule has 2 rings (SSSR count). The van der Waals surface area contributed by atoms with E-state index in [1.165, 1.54) is 38.8 Å². The van der Waals surface area contributed by atoms with Crippen molar-refractivity contribution in [3.8, 4) is 0 Å². The first-order chi connectivity index (χ1) is 7.79. The van der Waals surface area contributed by atoms with Crippen molar-refractivity contribution in [1.29, 1.82) is 0 Å². The molecule has 0 aromatic carbocycles. The van der Waals surface area contributed by atoms with Crippen LogP contribution < -0.4 is 0 Å². The molecule has 1 saturated carbocycles. The molecule has 0 aromatic rings. The van der Waals surface area contributed by atoms with Crippen LogP contribution in [0.1, 0.15) is 51.9 Å². The Hall–Kier alpha value is -0.110. The van der Waals surface area contributed by atoms with Gasteiger partial charge in [-0.3, -0.25) is 0 Å². The quantitative estimate of drug-likeness (QED) is 0.711. The first-order valence-electron chi connectivity index (χ1n) is 7.16. The van der Waals surface area contributed by atoms with E-state index in [-0.39, 0.29) is 0 Å². The number of likely N-dealkylation sites (tertiary alicyclic amines) is 1. The van der Waals surface area contributed by atoms with Gasteiger partial charge in [0.1, 0.15) is 6.17 Å². The summed E-state index contributed by atoms with van der Waals surface area (Å²) in [5.74, 6) is 1.21. The zero-order chi connectivity index (χ0) is 11.4. The van der Waals surface area contributed by atoms with Gasteiger partial charge in [0.05, 0.1) is 0 Å². The van der Waals surface area contributed by atoms with Crippen LogP contribution in [0.5, 0.6) is 0 Å². The van der Waals surface area contributed by atoms with E-state index in [2.05, 4.69) is 11.8 Å². The van der Waals surface area contributed by atoms with E-state index < -0.39 is 6.17 Å². The highest BCUT2D eigenvalue weighted by Crippen LogP contribution is 2.29. The fourth-order valence-electron chi connectivity index (χ4n) is 3.35. The second kappa shape index (κ2) is 6.00. The fraction of sp³-hybridized carbons (Fsp3) is 1.00. The monoisotopic (exact) mass is 227 g/mol. The predicted octanol–water partition coefficient (Wildman–Crippen LogP) is 3.64. The molecule has 3 unspecified atom stereocenters. The molecule has 2 aliphatic rings. The van der Waals surface area contributed by atoms with Crippen molar-refractivity contribution < 1.29 is 4.39 Å². The van der Waals surface area contributed by atoms with Gasteiger partial charge in [0.25, 0.3) is 0 Å². The summed E-state index contributed by atoms with van der Waals surface area (Å²) >= 11 is 0. The summed E-state index contributed by atoms with van der Waals surface area (Å²) in [5.41, 5.74) is 0. The summed E-state index contributed by atoms with van der Waals surface area (Å²) in [6.07, 6.45) is 7.77. The highest BCUT2D eigenvalue weighted by molar-refractivity contribution is 4.80. The Labute approximate surface area is 99.4 Å². The van der Waals surface area contributed by atoms with Gasteiger partial charge in [-0.05, 0) is 38.1 Å². The molecule has 1 nitrogen and oxygen atoms in total. The highest BCUT2D eigenvalue weighted by atomic mass is 19.1. The van der Waals surface area contributed by atoms with Crippen LogP contribution in [0.25, 0.3) is 0 Å².